The highest BCUT2D eigenvalue weighted by atomic mass is 32.2. The summed E-state index contributed by atoms with van der Waals surface area (Å²) in [6.45, 7) is 2.96. The third kappa shape index (κ3) is 2.80. The van der Waals surface area contributed by atoms with E-state index in [4.69, 9.17) is 5.73 Å². The van der Waals surface area contributed by atoms with Gasteiger partial charge in [-0.05, 0) is 38.0 Å². The van der Waals surface area contributed by atoms with Crippen molar-refractivity contribution in [3.8, 4) is 0 Å². The van der Waals surface area contributed by atoms with Gasteiger partial charge in [0.2, 0.25) is 5.91 Å². The van der Waals surface area contributed by atoms with E-state index in [1.807, 2.05) is 0 Å². The minimum absolute atomic E-state index is 0.153. The van der Waals surface area contributed by atoms with E-state index in [1.165, 1.54) is 19.9 Å². The Hall–Kier alpha value is -1.47. The van der Waals surface area contributed by atoms with Crippen LogP contribution < -0.4 is 11.1 Å². The summed E-state index contributed by atoms with van der Waals surface area (Å²) in [6, 6.07) is 1.78. The van der Waals surface area contributed by atoms with E-state index in [1.54, 1.807) is 6.07 Å². The molecule has 7 heteroatoms. The fourth-order valence-corrected chi connectivity index (χ4v) is 2.85. The Bertz CT molecular complexity index is 698. The first-order valence-electron chi connectivity index (χ1n) is 6.61. The van der Waals surface area contributed by atoms with Crippen LogP contribution >= 0.6 is 0 Å². The molecule has 1 atom stereocenters. The van der Waals surface area contributed by atoms with Crippen LogP contribution in [0.4, 0.5) is 10.1 Å². The van der Waals surface area contributed by atoms with Crippen molar-refractivity contribution in [1.29, 1.82) is 0 Å². The van der Waals surface area contributed by atoms with Crippen LogP contribution in [-0.2, 0) is 21.1 Å². The van der Waals surface area contributed by atoms with Crippen LogP contribution in [0, 0.1) is 5.82 Å². The number of amides is 1. The lowest BCUT2D eigenvalue weighted by atomic mass is 9.91. The zero-order chi connectivity index (χ0) is 16.0. The number of hydrogen-bond acceptors (Lipinski definition) is 4. The number of carbonyl (C=O) groups is 1. The average Bonchev–Trinajstić information content (AvgIpc) is 2.35. The summed E-state index contributed by atoms with van der Waals surface area (Å²) in [7, 11) is -3.46. The predicted molar refractivity (Wildman–Crippen MR) is 79.2 cm³/mol. The lowest BCUT2D eigenvalue weighted by Crippen LogP contribution is -2.42. The van der Waals surface area contributed by atoms with Gasteiger partial charge in [-0.3, -0.25) is 4.79 Å². The third-order valence-electron chi connectivity index (χ3n) is 4.16. The van der Waals surface area contributed by atoms with Crippen molar-refractivity contribution in [3.63, 3.8) is 0 Å². The molecule has 1 unspecified atom stereocenters. The van der Waals surface area contributed by atoms with Crippen LogP contribution in [0.5, 0.6) is 0 Å². The van der Waals surface area contributed by atoms with Crippen LogP contribution in [-0.4, -0.2) is 25.3 Å². The van der Waals surface area contributed by atoms with Crippen molar-refractivity contribution in [3.05, 3.63) is 29.1 Å². The number of carbonyl (C=O) groups excluding carboxylic acids is 1. The van der Waals surface area contributed by atoms with Crippen molar-refractivity contribution in [2.45, 2.75) is 37.5 Å². The van der Waals surface area contributed by atoms with E-state index in [9.17, 15) is 17.6 Å². The molecule has 0 aromatic heterocycles. The first kappa shape index (κ1) is 15.9. The number of sulfone groups is 1. The molecular formula is C14H19FN2O3S. The summed E-state index contributed by atoms with van der Waals surface area (Å²) in [4.78, 5) is 11.3. The highest BCUT2D eigenvalue weighted by Crippen LogP contribution is 2.35. The zero-order valence-corrected chi connectivity index (χ0v) is 13.1. The van der Waals surface area contributed by atoms with Gasteiger partial charge in [-0.25, -0.2) is 12.8 Å². The van der Waals surface area contributed by atoms with Crippen LogP contribution in [0.2, 0.25) is 0 Å². The van der Waals surface area contributed by atoms with Gasteiger partial charge in [-0.1, -0.05) is 0 Å². The molecule has 0 saturated heterocycles. The molecule has 1 aliphatic rings. The maximum absolute atomic E-state index is 14.2. The first-order chi connectivity index (χ1) is 9.54. The van der Waals surface area contributed by atoms with Gasteiger partial charge in [0.15, 0.2) is 9.84 Å². The van der Waals surface area contributed by atoms with Gasteiger partial charge < -0.3 is 11.1 Å². The van der Waals surface area contributed by atoms with Crippen molar-refractivity contribution in [1.82, 2.24) is 0 Å². The van der Waals surface area contributed by atoms with Crippen LogP contribution in [0.1, 0.15) is 37.4 Å². The Kier molecular flexibility index (Phi) is 3.84. The first-order valence-corrected chi connectivity index (χ1v) is 8.50. The molecule has 2 rings (SSSR count). The summed E-state index contributed by atoms with van der Waals surface area (Å²) in [5.41, 5.74) is 7.36. The van der Waals surface area contributed by atoms with Crippen molar-refractivity contribution in [2.75, 3.05) is 11.6 Å². The number of fused-ring (bicyclic) bond motifs is 1. The normalized spacial score (nSPS) is 17.1. The Balaban J connectivity index is 2.48. The smallest absolute Gasteiger partial charge is 0.224 e. The molecule has 3 N–H and O–H groups in total. The maximum Gasteiger partial charge on any atom is 0.224 e. The predicted octanol–water partition coefficient (Wildman–Crippen LogP) is 1.53. The third-order valence-corrected chi connectivity index (χ3v) is 6.32. The second-order valence-corrected chi connectivity index (χ2v) is 8.53. The molecule has 0 fully saturated rings. The van der Waals surface area contributed by atoms with E-state index >= 15 is 0 Å². The number of hydrogen-bond donors (Lipinski definition) is 2. The van der Waals surface area contributed by atoms with E-state index in [-0.39, 0.29) is 11.5 Å². The molecule has 1 amide bonds. The molecule has 1 aromatic carbocycles. The maximum atomic E-state index is 14.2. The summed E-state index contributed by atoms with van der Waals surface area (Å²) < 4.78 is 36.7. The molecule has 0 aliphatic carbocycles. The molecule has 0 bridgehead atoms. The molecule has 0 radical (unpaired) electrons. The van der Waals surface area contributed by atoms with Crippen molar-refractivity contribution >= 4 is 21.4 Å². The molecule has 21 heavy (non-hydrogen) atoms. The van der Waals surface area contributed by atoms with Crippen molar-refractivity contribution < 1.29 is 17.6 Å². The van der Waals surface area contributed by atoms with Gasteiger partial charge in [-0.2, -0.15) is 0 Å². The number of anilines is 1. The molecule has 0 spiro atoms. The van der Waals surface area contributed by atoms with Crippen LogP contribution in [0.15, 0.2) is 12.1 Å². The van der Waals surface area contributed by atoms with Crippen molar-refractivity contribution in [2.24, 2.45) is 5.73 Å². The van der Waals surface area contributed by atoms with Crippen LogP contribution in [0.3, 0.4) is 0 Å². The summed E-state index contributed by atoms with van der Waals surface area (Å²) in [6.07, 6.45) is 1.90. The molecule has 0 saturated carbocycles. The average molecular weight is 314 g/mol. The molecular weight excluding hydrogens is 295 g/mol. The van der Waals surface area contributed by atoms with E-state index in [0.29, 0.717) is 18.5 Å². The van der Waals surface area contributed by atoms with Gasteiger partial charge >= 0.3 is 0 Å². The monoisotopic (exact) mass is 314 g/mol. The summed E-state index contributed by atoms with van der Waals surface area (Å²) in [5.74, 6) is -0.768. The number of nitrogens with two attached hydrogens (primary N) is 1. The fraction of sp³-hybridized carbons (Fsp3) is 0.500. The largest absolute Gasteiger partial charge is 0.326 e. The Labute approximate surface area is 123 Å². The minimum Gasteiger partial charge on any atom is -0.326 e. The fourth-order valence-electron chi connectivity index (χ4n) is 2.26. The second-order valence-electron chi connectivity index (χ2n) is 5.93. The number of benzene rings is 1. The van der Waals surface area contributed by atoms with E-state index in [0.717, 1.165) is 11.8 Å². The lowest BCUT2D eigenvalue weighted by Gasteiger charge is -2.31. The van der Waals surface area contributed by atoms with Gasteiger partial charge in [0.05, 0.1) is 10.8 Å². The topological polar surface area (TPSA) is 89.3 Å². The van der Waals surface area contributed by atoms with Gasteiger partial charge in [0, 0.05) is 23.9 Å². The van der Waals surface area contributed by atoms with Gasteiger partial charge in [0.25, 0.3) is 0 Å². The summed E-state index contributed by atoms with van der Waals surface area (Å²) in [5, 5.41) is 2.60. The molecule has 1 aliphatic heterocycles. The van der Waals surface area contributed by atoms with E-state index < -0.39 is 26.4 Å². The van der Waals surface area contributed by atoms with Gasteiger partial charge in [0.1, 0.15) is 5.82 Å². The lowest BCUT2D eigenvalue weighted by molar-refractivity contribution is -0.116. The number of rotatable bonds is 3. The molecule has 116 valence electrons. The zero-order valence-electron chi connectivity index (χ0n) is 12.2. The molecule has 1 aromatic rings. The molecule has 5 nitrogen and oxygen atoms in total. The SMILES string of the molecule is CC(C)(C(N)c1cc2c(cc1F)NC(=O)CC2)S(C)(=O)=O. The molecule has 1 heterocycles. The standard InChI is InChI=1S/C14H19FN2O3S/c1-14(2,21(3,19)20)13(16)9-6-8-4-5-12(18)17-11(8)7-10(9)15/h6-7,13H,4-5,16H2,1-3H3,(H,17,18). The Morgan fingerprint density at radius 3 is 2.52 bits per heavy atom. The number of aryl methyl sites for hydroxylation is 1. The van der Waals surface area contributed by atoms with Crippen LogP contribution in [0.25, 0.3) is 0 Å². The number of halogens is 1. The highest BCUT2D eigenvalue weighted by molar-refractivity contribution is 7.92. The second kappa shape index (κ2) is 5.06. The minimum atomic E-state index is -3.46. The summed E-state index contributed by atoms with van der Waals surface area (Å²) >= 11 is 0. The Morgan fingerprint density at radius 1 is 1.33 bits per heavy atom. The Morgan fingerprint density at radius 2 is 1.95 bits per heavy atom. The quantitative estimate of drug-likeness (QED) is 0.885. The van der Waals surface area contributed by atoms with Gasteiger partial charge in [-0.15, -0.1) is 0 Å². The number of nitrogens with one attached hydrogen (secondary N) is 1. The van der Waals surface area contributed by atoms with E-state index in [2.05, 4.69) is 5.32 Å². The highest BCUT2D eigenvalue weighted by Gasteiger charge is 2.39.